The number of nitrogens with zero attached hydrogens (tertiary/aromatic N) is 1. The summed E-state index contributed by atoms with van der Waals surface area (Å²) in [6, 6.07) is 4.01. The Hall–Kier alpha value is 0.130. The Morgan fingerprint density at radius 1 is 1.13 bits per heavy atom. The highest BCUT2D eigenvalue weighted by molar-refractivity contribution is 9.11. The Morgan fingerprint density at radius 2 is 1.73 bits per heavy atom. The molecule has 0 atom stereocenters. The van der Waals surface area contributed by atoms with E-state index in [1.54, 1.807) is 0 Å². The molecule has 1 aliphatic heterocycles. The average molecular weight is 397 g/mol. The van der Waals surface area contributed by atoms with E-state index < -0.39 is 0 Å². The fraction of sp³-hybridized carbons (Fsp3) is 0.300. The van der Waals surface area contributed by atoms with Crippen LogP contribution in [-0.2, 0) is 0 Å². The largest absolute Gasteiger partial charge is 0.328 e. The molecule has 1 saturated heterocycles. The standard InChI is InChI=1S/C10H9Br3N2/c11-6-4-7(12)10(8(13)5-6)15-3-1-2-9(15)14/h4-5,14H,1-3H2. The SMILES string of the molecule is N=C1CCCN1c1c(Br)cc(Br)cc1Br. The lowest BCUT2D eigenvalue weighted by Gasteiger charge is -2.21. The van der Waals surface area contributed by atoms with E-state index in [1.165, 1.54) is 0 Å². The Morgan fingerprint density at radius 3 is 2.20 bits per heavy atom. The van der Waals surface area contributed by atoms with E-state index in [2.05, 4.69) is 47.8 Å². The number of hydrogen-bond donors (Lipinski definition) is 1. The molecule has 80 valence electrons. The summed E-state index contributed by atoms with van der Waals surface area (Å²) in [6.45, 7) is 0.928. The molecule has 1 aliphatic rings. The molecular weight excluding hydrogens is 388 g/mol. The molecule has 0 aromatic heterocycles. The van der Waals surface area contributed by atoms with E-state index in [4.69, 9.17) is 5.41 Å². The average Bonchev–Trinajstić information content (AvgIpc) is 2.50. The third kappa shape index (κ3) is 2.29. The molecule has 2 rings (SSSR count). The van der Waals surface area contributed by atoms with E-state index in [-0.39, 0.29) is 0 Å². The van der Waals surface area contributed by atoms with Crippen LogP contribution in [0.15, 0.2) is 25.6 Å². The summed E-state index contributed by atoms with van der Waals surface area (Å²) < 4.78 is 3.04. The Labute approximate surface area is 114 Å². The van der Waals surface area contributed by atoms with Gasteiger partial charge >= 0.3 is 0 Å². The van der Waals surface area contributed by atoms with Gasteiger partial charge in [-0.25, -0.2) is 0 Å². The highest BCUT2D eigenvalue weighted by atomic mass is 79.9. The van der Waals surface area contributed by atoms with Crippen molar-refractivity contribution in [3.8, 4) is 0 Å². The molecule has 0 unspecified atom stereocenters. The fourth-order valence-corrected chi connectivity index (χ4v) is 4.40. The van der Waals surface area contributed by atoms with Gasteiger partial charge in [0.2, 0.25) is 0 Å². The van der Waals surface area contributed by atoms with Gasteiger partial charge in [-0.05, 0) is 50.4 Å². The number of benzene rings is 1. The van der Waals surface area contributed by atoms with Crippen LogP contribution in [0.5, 0.6) is 0 Å². The summed E-state index contributed by atoms with van der Waals surface area (Å²) in [7, 11) is 0. The van der Waals surface area contributed by atoms with Crippen molar-refractivity contribution in [3.63, 3.8) is 0 Å². The summed E-state index contributed by atoms with van der Waals surface area (Å²) >= 11 is 10.5. The molecule has 1 N–H and O–H groups in total. The summed E-state index contributed by atoms with van der Waals surface area (Å²) in [5.74, 6) is 0.693. The molecule has 0 spiro atoms. The van der Waals surface area contributed by atoms with Crippen LogP contribution in [0.2, 0.25) is 0 Å². The Bertz CT molecular complexity index is 394. The van der Waals surface area contributed by atoms with Crippen molar-refractivity contribution >= 4 is 59.3 Å². The van der Waals surface area contributed by atoms with Crippen molar-refractivity contribution in [3.05, 3.63) is 25.6 Å². The van der Waals surface area contributed by atoms with Crippen LogP contribution in [0.1, 0.15) is 12.8 Å². The molecule has 1 fully saturated rings. The first kappa shape index (κ1) is 11.6. The molecule has 1 heterocycles. The molecular formula is C10H9Br3N2. The highest BCUT2D eigenvalue weighted by Gasteiger charge is 2.22. The summed E-state index contributed by atoms with van der Waals surface area (Å²) in [6.07, 6.45) is 1.93. The molecule has 0 aliphatic carbocycles. The zero-order valence-electron chi connectivity index (χ0n) is 7.86. The Kier molecular flexibility index (Phi) is 3.52. The molecule has 2 nitrogen and oxygen atoms in total. The van der Waals surface area contributed by atoms with Crippen molar-refractivity contribution in [1.82, 2.24) is 0 Å². The van der Waals surface area contributed by atoms with Crippen molar-refractivity contribution < 1.29 is 0 Å². The molecule has 5 heteroatoms. The molecule has 0 radical (unpaired) electrons. The predicted molar refractivity (Wildman–Crippen MR) is 73.8 cm³/mol. The number of rotatable bonds is 1. The van der Waals surface area contributed by atoms with Crippen molar-refractivity contribution in [2.24, 2.45) is 0 Å². The minimum atomic E-state index is 0.693. The van der Waals surface area contributed by atoms with E-state index in [9.17, 15) is 0 Å². The molecule has 1 aromatic carbocycles. The molecule has 15 heavy (non-hydrogen) atoms. The zero-order chi connectivity index (χ0) is 11.0. The number of hydrogen-bond acceptors (Lipinski definition) is 1. The van der Waals surface area contributed by atoms with Crippen LogP contribution in [0.3, 0.4) is 0 Å². The second-order valence-electron chi connectivity index (χ2n) is 3.42. The third-order valence-electron chi connectivity index (χ3n) is 2.37. The fourth-order valence-electron chi connectivity index (χ4n) is 1.71. The summed E-state index contributed by atoms with van der Waals surface area (Å²) in [5.41, 5.74) is 1.06. The highest BCUT2D eigenvalue weighted by Crippen LogP contribution is 2.38. The maximum absolute atomic E-state index is 7.86. The van der Waals surface area contributed by atoms with Gasteiger partial charge in [0.15, 0.2) is 0 Å². The van der Waals surface area contributed by atoms with Gasteiger partial charge in [-0.1, -0.05) is 15.9 Å². The van der Waals surface area contributed by atoms with Crippen LogP contribution < -0.4 is 4.90 Å². The van der Waals surface area contributed by atoms with E-state index in [0.29, 0.717) is 5.84 Å². The quantitative estimate of drug-likeness (QED) is 0.740. The van der Waals surface area contributed by atoms with Crippen LogP contribution in [0.25, 0.3) is 0 Å². The molecule has 0 saturated carbocycles. The van der Waals surface area contributed by atoms with Crippen molar-refractivity contribution in [1.29, 1.82) is 5.41 Å². The number of anilines is 1. The van der Waals surface area contributed by atoms with Crippen molar-refractivity contribution in [2.75, 3.05) is 11.4 Å². The lowest BCUT2D eigenvalue weighted by molar-refractivity contribution is 0.954. The van der Waals surface area contributed by atoms with Gasteiger partial charge in [0.05, 0.1) is 5.69 Å². The van der Waals surface area contributed by atoms with Crippen LogP contribution in [0, 0.1) is 5.41 Å². The molecule has 0 bridgehead atoms. The maximum atomic E-state index is 7.86. The lowest BCUT2D eigenvalue weighted by Crippen LogP contribution is -2.23. The minimum Gasteiger partial charge on any atom is -0.328 e. The summed E-state index contributed by atoms with van der Waals surface area (Å²) in [4.78, 5) is 2.04. The van der Waals surface area contributed by atoms with Crippen molar-refractivity contribution in [2.45, 2.75) is 12.8 Å². The van der Waals surface area contributed by atoms with Gasteiger partial charge in [0.1, 0.15) is 5.84 Å². The predicted octanol–water partition coefficient (Wildman–Crippen LogP) is 4.55. The normalized spacial score (nSPS) is 16.2. The van der Waals surface area contributed by atoms with Gasteiger partial charge in [0.25, 0.3) is 0 Å². The number of halogens is 3. The van der Waals surface area contributed by atoms with E-state index >= 15 is 0 Å². The lowest BCUT2D eigenvalue weighted by atomic mass is 10.3. The first-order valence-corrected chi connectivity index (χ1v) is 6.97. The summed E-state index contributed by atoms with van der Waals surface area (Å²) in [5, 5.41) is 7.86. The van der Waals surface area contributed by atoms with Gasteiger partial charge in [-0.3, -0.25) is 5.41 Å². The van der Waals surface area contributed by atoms with Gasteiger partial charge in [0, 0.05) is 26.4 Å². The topological polar surface area (TPSA) is 27.1 Å². The van der Waals surface area contributed by atoms with E-state index in [0.717, 1.165) is 38.5 Å². The van der Waals surface area contributed by atoms with Crippen LogP contribution in [0.4, 0.5) is 5.69 Å². The zero-order valence-corrected chi connectivity index (χ0v) is 12.6. The monoisotopic (exact) mass is 394 g/mol. The number of amidine groups is 1. The van der Waals surface area contributed by atoms with E-state index in [1.807, 2.05) is 17.0 Å². The first-order chi connectivity index (χ1) is 7.09. The first-order valence-electron chi connectivity index (χ1n) is 4.59. The smallest absolute Gasteiger partial charge is 0.100 e. The maximum Gasteiger partial charge on any atom is 0.100 e. The second-order valence-corrected chi connectivity index (χ2v) is 6.04. The molecule has 1 aromatic rings. The number of nitrogens with one attached hydrogen (secondary N) is 1. The van der Waals surface area contributed by atoms with Crippen LogP contribution in [-0.4, -0.2) is 12.4 Å². The van der Waals surface area contributed by atoms with Gasteiger partial charge in [-0.15, -0.1) is 0 Å². The minimum absolute atomic E-state index is 0.693. The van der Waals surface area contributed by atoms with Crippen LogP contribution >= 0.6 is 47.8 Å². The molecule has 0 amide bonds. The second kappa shape index (κ2) is 4.55. The third-order valence-corrected chi connectivity index (χ3v) is 4.04. The Balaban J connectivity index is 2.47. The van der Waals surface area contributed by atoms with Gasteiger partial charge < -0.3 is 4.90 Å². The van der Waals surface area contributed by atoms with Gasteiger partial charge in [-0.2, -0.15) is 0 Å².